The second-order valence-electron chi connectivity index (χ2n) is 6.69. The number of rotatable bonds is 2. The van der Waals surface area contributed by atoms with Crippen LogP contribution in [0.25, 0.3) is 0 Å². The van der Waals surface area contributed by atoms with Crippen LogP contribution in [0.5, 0.6) is 0 Å². The predicted octanol–water partition coefficient (Wildman–Crippen LogP) is 3.07. The molecule has 0 radical (unpaired) electrons. The van der Waals surface area contributed by atoms with Crippen LogP contribution in [-0.2, 0) is 9.53 Å². The molecule has 0 spiro atoms. The Bertz CT molecular complexity index is 612. The van der Waals surface area contributed by atoms with E-state index < -0.39 is 17.5 Å². The summed E-state index contributed by atoms with van der Waals surface area (Å²) in [6, 6.07) is 3.81. The van der Waals surface area contributed by atoms with Crippen molar-refractivity contribution in [2.24, 2.45) is 5.41 Å². The molecule has 3 rings (SSSR count). The first-order valence-corrected chi connectivity index (χ1v) is 8.20. The van der Waals surface area contributed by atoms with Crippen molar-refractivity contribution in [3.8, 4) is 0 Å². The van der Waals surface area contributed by atoms with Crippen LogP contribution in [0.4, 0.5) is 13.2 Å². The Hall–Kier alpha value is -1.63. The van der Waals surface area contributed by atoms with Crippen molar-refractivity contribution in [3.63, 3.8) is 0 Å². The van der Waals surface area contributed by atoms with Gasteiger partial charge in [-0.2, -0.15) is 13.2 Å². The minimum Gasteiger partial charge on any atom is -0.381 e. The first-order chi connectivity index (χ1) is 11.3. The molecule has 4 nitrogen and oxygen atoms in total. The maximum atomic E-state index is 13.7. The fourth-order valence-electron chi connectivity index (χ4n) is 3.61. The van der Waals surface area contributed by atoms with E-state index in [2.05, 4.69) is 4.98 Å². The number of hydrogen-bond acceptors (Lipinski definition) is 3. The van der Waals surface area contributed by atoms with Crippen LogP contribution in [0.2, 0.25) is 0 Å². The number of halogens is 3. The molecule has 0 bridgehead atoms. The molecule has 1 unspecified atom stereocenters. The second-order valence-corrected chi connectivity index (χ2v) is 6.69. The van der Waals surface area contributed by atoms with Crippen LogP contribution >= 0.6 is 0 Å². The second kappa shape index (κ2) is 6.35. The zero-order valence-electron chi connectivity index (χ0n) is 13.6. The van der Waals surface area contributed by atoms with E-state index in [9.17, 15) is 18.0 Å². The largest absolute Gasteiger partial charge is 0.403 e. The number of alkyl halides is 3. The van der Waals surface area contributed by atoms with Gasteiger partial charge in [0, 0.05) is 44.1 Å². The lowest BCUT2D eigenvalue weighted by atomic mass is 9.78. The average Bonchev–Trinajstić information content (AvgIpc) is 3.04. The van der Waals surface area contributed by atoms with Crippen molar-refractivity contribution in [1.82, 2.24) is 9.88 Å². The number of amides is 1. The van der Waals surface area contributed by atoms with E-state index in [-0.39, 0.29) is 32.0 Å². The summed E-state index contributed by atoms with van der Waals surface area (Å²) >= 11 is 0. The molecule has 24 heavy (non-hydrogen) atoms. The van der Waals surface area contributed by atoms with Gasteiger partial charge in [-0.3, -0.25) is 9.78 Å². The molecule has 1 atom stereocenters. The van der Waals surface area contributed by atoms with E-state index in [0.29, 0.717) is 19.5 Å². The normalized spacial score (nSPS) is 24.2. The van der Waals surface area contributed by atoms with Gasteiger partial charge < -0.3 is 9.64 Å². The number of ether oxygens (including phenoxy) is 1. The summed E-state index contributed by atoms with van der Waals surface area (Å²) in [5, 5.41) is 0. The van der Waals surface area contributed by atoms with Gasteiger partial charge in [-0.25, -0.2) is 0 Å². The summed E-state index contributed by atoms with van der Waals surface area (Å²) in [7, 11) is 0. The Balaban J connectivity index is 1.78. The molecule has 0 N–H and O–H groups in total. The summed E-state index contributed by atoms with van der Waals surface area (Å²) in [5.74, 6) is -0.799. The van der Waals surface area contributed by atoms with Gasteiger partial charge >= 0.3 is 6.18 Å². The number of carbonyl (C=O) groups excluding carboxylic acids is 1. The van der Waals surface area contributed by atoms with Gasteiger partial charge in [-0.1, -0.05) is 0 Å². The van der Waals surface area contributed by atoms with Gasteiger partial charge in [0.15, 0.2) is 0 Å². The maximum Gasteiger partial charge on any atom is 0.403 e. The van der Waals surface area contributed by atoms with Crippen molar-refractivity contribution < 1.29 is 22.7 Å². The number of carbonyl (C=O) groups is 1. The SMILES string of the molecule is Cc1ccnc(C2CCN(C(=O)C3(C(F)(F)F)CCOCC3)C2)c1. The highest BCUT2D eigenvalue weighted by atomic mass is 19.4. The molecule has 2 saturated heterocycles. The van der Waals surface area contributed by atoms with E-state index in [1.165, 1.54) is 4.90 Å². The molecule has 1 aromatic heterocycles. The highest BCUT2D eigenvalue weighted by Crippen LogP contribution is 2.48. The number of aryl methyl sites for hydroxylation is 1. The molecule has 0 aromatic carbocycles. The van der Waals surface area contributed by atoms with Crippen molar-refractivity contribution >= 4 is 5.91 Å². The number of hydrogen-bond donors (Lipinski definition) is 0. The topological polar surface area (TPSA) is 42.4 Å². The molecule has 2 fully saturated rings. The summed E-state index contributed by atoms with van der Waals surface area (Å²) in [5.41, 5.74) is -0.389. The molecule has 132 valence electrons. The van der Waals surface area contributed by atoms with Gasteiger partial charge in [-0.05, 0) is 43.9 Å². The average molecular weight is 342 g/mol. The zero-order valence-corrected chi connectivity index (χ0v) is 13.6. The van der Waals surface area contributed by atoms with E-state index in [4.69, 9.17) is 4.74 Å². The van der Waals surface area contributed by atoms with Gasteiger partial charge in [0.05, 0.1) is 0 Å². The standard InChI is InChI=1S/C17H21F3N2O2/c1-12-2-6-21-14(10-12)13-3-7-22(11-13)15(23)16(17(18,19)20)4-8-24-9-5-16/h2,6,10,13H,3-5,7-9,11H2,1H3. The third kappa shape index (κ3) is 3.01. The Labute approximate surface area is 139 Å². The third-order valence-electron chi connectivity index (χ3n) is 5.13. The Morgan fingerprint density at radius 2 is 2.08 bits per heavy atom. The number of aromatic nitrogens is 1. The molecule has 7 heteroatoms. The summed E-state index contributed by atoms with van der Waals surface area (Å²) in [4.78, 5) is 18.4. The minimum atomic E-state index is -4.55. The molecule has 0 saturated carbocycles. The first-order valence-electron chi connectivity index (χ1n) is 8.20. The molecule has 2 aliphatic rings. The molecule has 2 aliphatic heterocycles. The van der Waals surface area contributed by atoms with Crippen LogP contribution in [-0.4, -0.2) is 48.3 Å². The summed E-state index contributed by atoms with van der Waals surface area (Å²) in [6.07, 6.45) is -2.79. The van der Waals surface area contributed by atoms with E-state index in [1.807, 2.05) is 19.1 Å². The van der Waals surface area contributed by atoms with Crippen molar-refractivity contribution in [3.05, 3.63) is 29.6 Å². The third-order valence-corrected chi connectivity index (χ3v) is 5.13. The van der Waals surface area contributed by atoms with Crippen LogP contribution in [0, 0.1) is 12.3 Å². The maximum absolute atomic E-state index is 13.7. The fourth-order valence-corrected chi connectivity index (χ4v) is 3.61. The molecule has 1 amide bonds. The van der Waals surface area contributed by atoms with Crippen molar-refractivity contribution in [1.29, 1.82) is 0 Å². The van der Waals surface area contributed by atoms with Crippen LogP contribution in [0.1, 0.15) is 36.4 Å². The summed E-state index contributed by atoms with van der Waals surface area (Å²) < 4.78 is 46.0. The van der Waals surface area contributed by atoms with E-state index in [0.717, 1.165) is 11.3 Å². The monoisotopic (exact) mass is 342 g/mol. The molecule has 3 heterocycles. The molecular formula is C17H21F3N2O2. The van der Waals surface area contributed by atoms with E-state index in [1.54, 1.807) is 6.20 Å². The molecule has 0 aliphatic carbocycles. The van der Waals surface area contributed by atoms with Gasteiger partial charge in [0.2, 0.25) is 5.91 Å². The van der Waals surface area contributed by atoms with Crippen molar-refractivity contribution in [2.75, 3.05) is 26.3 Å². The summed E-state index contributed by atoms with van der Waals surface area (Å²) in [6.45, 7) is 2.54. The predicted molar refractivity (Wildman–Crippen MR) is 81.5 cm³/mol. The van der Waals surface area contributed by atoms with Crippen LogP contribution in [0.3, 0.4) is 0 Å². The van der Waals surface area contributed by atoms with E-state index >= 15 is 0 Å². The lowest BCUT2D eigenvalue weighted by Crippen LogP contribution is -2.54. The van der Waals surface area contributed by atoms with Gasteiger partial charge in [0.25, 0.3) is 0 Å². The number of pyridine rings is 1. The molecule has 1 aromatic rings. The van der Waals surface area contributed by atoms with Crippen LogP contribution in [0.15, 0.2) is 18.3 Å². The highest BCUT2D eigenvalue weighted by Gasteiger charge is 2.61. The Morgan fingerprint density at radius 3 is 2.71 bits per heavy atom. The number of nitrogens with zero attached hydrogens (tertiary/aromatic N) is 2. The Kier molecular flexibility index (Phi) is 4.55. The molecular weight excluding hydrogens is 321 g/mol. The lowest BCUT2D eigenvalue weighted by molar-refractivity contribution is -0.244. The first kappa shape index (κ1) is 17.2. The number of likely N-dealkylation sites (tertiary alicyclic amines) is 1. The lowest BCUT2D eigenvalue weighted by Gasteiger charge is -2.39. The smallest absolute Gasteiger partial charge is 0.381 e. The van der Waals surface area contributed by atoms with Gasteiger partial charge in [0.1, 0.15) is 5.41 Å². The zero-order chi connectivity index (χ0) is 17.4. The van der Waals surface area contributed by atoms with Crippen LogP contribution < -0.4 is 0 Å². The quantitative estimate of drug-likeness (QED) is 0.830. The minimum absolute atomic E-state index is 0.000950. The van der Waals surface area contributed by atoms with Gasteiger partial charge in [-0.15, -0.1) is 0 Å². The van der Waals surface area contributed by atoms with Crippen molar-refractivity contribution in [2.45, 2.75) is 38.3 Å². The fraction of sp³-hybridized carbons (Fsp3) is 0.647. The highest BCUT2D eigenvalue weighted by molar-refractivity contribution is 5.84. The Morgan fingerprint density at radius 1 is 1.38 bits per heavy atom.